The Morgan fingerprint density at radius 3 is 2.10 bits per heavy atom. The second kappa shape index (κ2) is 11.7. The van der Waals surface area contributed by atoms with E-state index in [1.54, 1.807) is 4.90 Å². The lowest BCUT2D eigenvalue weighted by atomic mass is 10.2. The van der Waals surface area contributed by atoms with Gasteiger partial charge in [-0.25, -0.2) is 0 Å². The quantitative estimate of drug-likeness (QED) is 0.544. The summed E-state index contributed by atoms with van der Waals surface area (Å²) in [5, 5.41) is 0. The molecule has 20 heavy (non-hydrogen) atoms. The van der Waals surface area contributed by atoms with Crippen molar-refractivity contribution in [1.82, 2.24) is 9.80 Å². The van der Waals surface area contributed by atoms with Crippen molar-refractivity contribution < 1.29 is 14.3 Å². The van der Waals surface area contributed by atoms with Gasteiger partial charge < -0.3 is 14.5 Å². The van der Waals surface area contributed by atoms with Crippen LogP contribution in [-0.4, -0.2) is 61.5 Å². The molecule has 0 aromatic carbocycles. The third-order valence-electron chi connectivity index (χ3n) is 3.43. The number of methoxy groups -OCH3 is 1. The molecule has 0 rings (SSSR count). The molecular formula is C15H30N2O3. The third kappa shape index (κ3) is 8.15. The molecular weight excluding hydrogens is 256 g/mol. The van der Waals surface area contributed by atoms with Crippen molar-refractivity contribution in [3.05, 3.63) is 0 Å². The first-order chi connectivity index (χ1) is 9.58. The zero-order valence-corrected chi connectivity index (χ0v) is 13.5. The maximum Gasteiger partial charge on any atom is 0.307 e. The highest BCUT2D eigenvalue weighted by atomic mass is 16.5. The molecule has 118 valence electrons. The van der Waals surface area contributed by atoms with E-state index in [2.05, 4.69) is 23.5 Å². The Hall–Kier alpha value is -1.10. The molecule has 0 aliphatic rings. The van der Waals surface area contributed by atoms with Gasteiger partial charge in [-0.2, -0.15) is 0 Å². The van der Waals surface area contributed by atoms with Gasteiger partial charge in [-0.05, 0) is 32.5 Å². The summed E-state index contributed by atoms with van der Waals surface area (Å²) in [4.78, 5) is 27.4. The fourth-order valence-electron chi connectivity index (χ4n) is 2.09. The molecule has 0 unspecified atom stereocenters. The minimum absolute atomic E-state index is 0.135. The summed E-state index contributed by atoms with van der Waals surface area (Å²) in [6, 6.07) is 0. The summed E-state index contributed by atoms with van der Waals surface area (Å²) >= 11 is 0. The van der Waals surface area contributed by atoms with Crippen molar-refractivity contribution in [2.24, 2.45) is 0 Å². The standard InChI is InChI=1S/C15H30N2O3/c1-5-9-14(18)17(13-10-15(19)20-4)12-8-11-16(6-2)7-3/h5-13H2,1-4H3. The van der Waals surface area contributed by atoms with Gasteiger partial charge in [0.05, 0.1) is 13.5 Å². The number of hydrogen-bond acceptors (Lipinski definition) is 4. The van der Waals surface area contributed by atoms with Crippen LogP contribution in [0.25, 0.3) is 0 Å². The van der Waals surface area contributed by atoms with Crippen LogP contribution in [0.1, 0.15) is 46.5 Å². The maximum absolute atomic E-state index is 12.0. The molecule has 0 spiro atoms. The number of amides is 1. The minimum atomic E-state index is -0.261. The van der Waals surface area contributed by atoms with Crippen molar-refractivity contribution in [3.8, 4) is 0 Å². The average Bonchev–Trinajstić information content (AvgIpc) is 2.46. The average molecular weight is 286 g/mol. The van der Waals surface area contributed by atoms with E-state index in [1.165, 1.54) is 7.11 Å². The monoisotopic (exact) mass is 286 g/mol. The number of nitrogens with zero attached hydrogens (tertiary/aromatic N) is 2. The van der Waals surface area contributed by atoms with Crippen LogP contribution in [0.4, 0.5) is 0 Å². The highest BCUT2D eigenvalue weighted by Crippen LogP contribution is 2.03. The Morgan fingerprint density at radius 2 is 1.60 bits per heavy atom. The summed E-state index contributed by atoms with van der Waals surface area (Å²) < 4.78 is 4.63. The van der Waals surface area contributed by atoms with Crippen molar-refractivity contribution in [1.29, 1.82) is 0 Å². The van der Waals surface area contributed by atoms with Crippen LogP contribution in [0.2, 0.25) is 0 Å². The highest BCUT2D eigenvalue weighted by molar-refractivity contribution is 5.77. The third-order valence-corrected chi connectivity index (χ3v) is 3.43. The summed E-state index contributed by atoms with van der Waals surface area (Å²) in [6.07, 6.45) is 2.60. The normalized spacial score (nSPS) is 10.7. The van der Waals surface area contributed by atoms with Crippen LogP contribution in [0, 0.1) is 0 Å². The molecule has 0 aromatic heterocycles. The van der Waals surface area contributed by atoms with Crippen LogP contribution in [0.3, 0.4) is 0 Å². The predicted octanol–water partition coefficient (Wildman–Crippen LogP) is 1.91. The number of carbonyl (C=O) groups excluding carboxylic acids is 2. The summed E-state index contributed by atoms with van der Waals surface area (Å²) in [7, 11) is 1.38. The van der Waals surface area contributed by atoms with Crippen molar-refractivity contribution in [2.75, 3.05) is 39.8 Å². The van der Waals surface area contributed by atoms with Crippen LogP contribution in [0.15, 0.2) is 0 Å². The fourth-order valence-corrected chi connectivity index (χ4v) is 2.09. The van der Waals surface area contributed by atoms with Gasteiger partial charge >= 0.3 is 5.97 Å². The van der Waals surface area contributed by atoms with Gasteiger partial charge in [-0.15, -0.1) is 0 Å². The van der Waals surface area contributed by atoms with Gasteiger partial charge in [0.1, 0.15) is 0 Å². The van der Waals surface area contributed by atoms with Gasteiger partial charge in [-0.3, -0.25) is 9.59 Å². The van der Waals surface area contributed by atoms with Crippen molar-refractivity contribution in [3.63, 3.8) is 0 Å². The molecule has 0 saturated carbocycles. The molecule has 0 N–H and O–H groups in total. The van der Waals surface area contributed by atoms with Crippen molar-refractivity contribution in [2.45, 2.75) is 46.5 Å². The molecule has 0 saturated heterocycles. The molecule has 0 bridgehead atoms. The van der Waals surface area contributed by atoms with E-state index >= 15 is 0 Å². The zero-order valence-electron chi connectivity index (χ0n) is 13.5. The first kappa shape index (κ1) is 18.9. The van der Waals surface area contributed by atoms with E-state index in [9.17, 15) is 9.59 Å². The molecule has 0 atom stereocenters. The van der Waals surface area contributed by atoms with E-state index in [-0.39, 0.29) is 18.3 Å². The lowest BCUT2D eigenvalue weighted by Gasteiger charge is -2.24. The molecule has 0 aliphatic carbocycles. The van der Waals surface area contributed by atoms with E-state index in [4.69, 9.17) is 0 Å². The first-order valence-corrected chi connectivity index (χ1v) is 7.65. The maximum atomic E-state index is 12.0. The van der Waals surface area contributed by atoms with E-state index in [1.807, 2.05) is 6.92 Å². The SMILES string of the molecule is CCCC(=O)N(CCCN(CC)CC)CCC(=O)OC. The molecule has 1 amide bonds. The summed E-state index contributed by atoms with van der Waals surface area (Å²) in [6.45, 7) is 10.5. The topological polar surface area (TPSA) is 49.9 Å². The summed E-state index contributed by atoms with van der Waals surface area (Å²) in [5.41, 5.74) is 0. The van der Waals surface area contributed by atoms with Gasteiger partial charge in [0.25, 0.3) is 0 Å². The predicted molar refractivity (Wildman–Crippen MR) is 80.5 cm³/mol. The minimum Gasteiger partial charge on any atom is -0.469 e. The number of esters is 1. The van der Waals surface area contributed by atoms with Gasteiger partial charge in [0, 0.05) is 19.5 Å². The number of hydrogen-bond donors (Lipinski definition) is 0. The molecule has 0 heterocycles. The van der Waals surface area contributed by atoms with Gasteiger partial charge in [0.15, 0.2) is 0 Å². The van der Waals surface area contributed by atoms with E-state index in [0.29, 0.717) is 19.5 Å². The first-order valence-electron chi connectivity index (χ1n) is 7.65. The molecule has 5 heteroatoms. The number of carbonyl (C=O) groups is 2. The van der Waals surface area contributed by atoms with Gasteiger partial charge in [-0.1, -0.05) is 20.8 Å². The largest absolute Gasteiger partial charge is 0.469 e. The number of ether oxygens (including phenoxy) is 1. The Balaban J connectivity index is 4.23. The van der Waals surface area contributed by atoms with Crippen LogP contribution in [0.5, 0.6) is 0 Å². The van der Waals surface area contributed by atoms with Crippen LogP contribution < -0.4 is 0 Å². The smallest absolute Gasteiger partial charge is 0.307 e. The van der Waals surface area contributed by atoms with Crippen molar-refractivity contribution >= 4 is 11.9 Å². The van der Waals surface area contributed by atoms with E-state index < -0.39 is 0 Å². The van der Waals surface area contributed by atoms with Crippen LogP contribution >= 0.6 is 0 Å². The lowest BCUT2D eigenvalue weighted by Crippen LogP contribution is -2.36. The summed E-state index contributed by atoms with van der Waals surface area (Å²) in [5.74, 6) is -0.126. The Kier molecular flexibility index (Phi) is 11.1. The molecule has 0 aromatic rings. The second-order valence-corrected chi connectivity index (χ2v) is 4.84. The Morgan fingerprint density at radius 1 is 0.950 bits per heavy atom. The molecule has 0 aliphatic heterocycles. The van der Waals surface area contributed by atoms with Crippen LogP contribution in [-0.2, 0) is 14.3 Å². The fraction of sp³-hybridized carbons (Fsp3) is 0.867. The Labute approximate surface area is 123 Å². The van der Waals surface area contributed by atoms with Gasteiger partial charge in [0.2, 0.25) is 5.91 Å². The molecule has 0 radical (unpaired) electrons. The highest BCUT2D eigenvalue weighted by Gasteiger charge is 2.14. The molecule has 5 nitrogen and oxygen atoms in total. The molecule has 0 fully saturated rings. The zero-order chi connectivity index (χ0) is 15.4. The number of rotatable bonds is 11. The van der Waals surface area contributed by atoms with E-state index in [0.717, 1.165) is 32.5 Å². The Bertz CT molecular complexity index is 278. The second-order valence-electron chi connectivity index (χ2n) is 4.84. The lowest BCUT2D eigenvalue weighted by molar-refractivity contribution is -0.141.